The Hall–Kier alpha value is -8.50. The fourth-order valence-electron chi connectivity index (χ4n) is 12.6. The molecule has 0 fully saturated rings. The maximum absolute atomic E-state index is 8.04. The van der Waals surface area contributed by atoms with Crippen molar-refractivity contribution in [2.24, 2.45) is 30.0 Å². The summed E-state index contributed by atoms with van der Waals surface area (Å²) < 4.78 is 49.1. The maximum Gasteiger partial charge on any atom is 0.603 e. The van der Waals surface area contributed by atoms with Crippen LogP contribution in [-0.2, 0) is 8.85 Å². The van der Waals surface area contributed by atoms with Crippen molar-refractivity contribution < 1.29 is 27.8 Å². The summed E-state index contributed by atoms with van der Waals surface area (Å²) in [5.74, 6) is 5.69. The molecule has 14 rings (SSSR count). The van der Waals surface area contributed by atoms with Gasteiger partial charge < -0.3 is 27.8 Å². The lowest BCUT2D eigenvalue weighted by Crippen LogP contribution is -2.64. The Bertz CT molecular complexity index is 4640. The minimum absolute atomic E-state index is 0.330. The second kappa shape index (κ2) is 24.0. The first-order chi connectivity index (χ1) is 42.9. The van der Waals surface area contributed by atoms with Gasteiger partial charge in [-0.2, -0.15) is 0 Å². The standard InChI is InChI=1S/C72H74N8O6Si/c1-7-13-35-81-61-49-31-23-19-27-45(49)41-53-57(61)67-73-65(53)75-71-60-56(44-48-30-22-26-34-52(48)64(60)84-38-16-10-4)70-78-68-58-54(42-46-28-20-24-32-50(46)62(58)82-36-14-8-2)66(74-68)76-72-59-55(43-47-29-21-25-33-51(47)63(59)83-37-15-9-3)69(77-67)79(72)87(80(70)71,85-39-17-11-5)86-40-18-12-6/h19-34,41-44H,7-18,35-40H2,1-6H3/b75-65-,75-71?,76-66?,76-72-,77-67?,77-69-,78-68-,78-70?. The molecule has 15 heteroatoms. The predicted octanol–water partition coefficient (Wildman–Crippen LogP) is 16.3. The van der Waals surface area contributed by atoms with Crippen LogP contribution in [0, 0.1) is 0 Å². The first-order valence-electron chi connectivity index (χ1n) is 31.8. The molecule has 0 amide bonds. The van der Waals surface area contributed by atoms with Crippen molar-refractivity contribution in [2.45, 2.75) is 119 Å². The quantitative estimate of drug-likeness (QED) is 0.0436. The van der Waals surface area contributed by atoms with E-state index in [0.717, 1.165) is 164 Å². The van der Waals surface area contributed by atoms with E-state index in [1.54, 1.807) is 0 Å². The Kier molecular flexibility index (Phi) is 15.5. The normalized spacial score (nSPS) is 16.4. The third-order valence-corrected chi connectivity index (χ3v) is 20.2. The maximum atomic E-state index is 8.04. The molecule has 0 saturated heterocycles. The highest BCUT2D eigenvalue weighted by molar-refractivity contribution is 6.66. The number of fused-ring (bicyclic) bond motifs is 18. The minimum Gasteiger partial charge on any atom is -0.492 e. The molecule has 0 saturated carbocycles. The molecule has 2 aromatic heterocycles. The summed E-state index contributed by atoms with van der Waals surface area (Å²) in [4.78, 5) is 35.4. The Balaban J connectivity index is 1.28. The highest BCUT2D eigenvalue weighted by Crippen LogP contribution is 2.51. The molecule has 6 bridgehead atoms. The molecular formula is C72H74N8O6Si. The van der Waals surface area contributed by atoms with Crippen molar-refractivity contribution in [3.63, 3.8) is 0 Å². The van der Waals surface area contributed by atoms with Crippen LogP contribution < -0.4 is 29.9 Å². The lowest BCUT2D eigenvalue weighted by molar-refractivity contribution is 0.144. The van der Waals surface area contributed by atoms with Crippen LogP contribution in [0.5, 0.6) is 23.0 Å². The molecule has 0 spiro atoms. The average molecular weight is 1180 g/mol. The molecule has 0 atom stereocenters. The zero-order valence-electron chi connectivity index (χ0n) is 50.8. The van der Waals surface area contributed by atoms with Gasteiger partial charge in [0.05, 0.1) is 48.3 Å². The van der Waals surface area contributed by atoms with E-state index in [9.17, 15) is 0 Å². The van der Waals surface area contributed by atoms with Crippen LogP contribution in [0.15, 0.2) is 151 Å². The van der Waals surface area contributed by atoms with Crippen LogP contribution in [0.2, 0.25) is 0 Å². The van der Waals surface area contributed by atoms with Crippen LogP contribution in [0.25, 0.3) is 64.6 Å². The first kappa shape index (κ1) is 56.3. The second-order valence-electron chi connectivity index (χ2n) is 23.1. The van der Waals surface area contributed by atoms with E-state index in [-0.39, 0.29) is 0 Å². The summed E-state index contributed by atoms with van der Waals surface area (Å²) in [6, 6.07) is 42.6. The summed E-state index contributed by atoms with van der Waals surface area (Å²) >= 11 is 0. The van der Waals surface area contributed by atoms with E-state index in [0.29, 0.717) is 109 Å². The van der Waals surface area contributed by atoms with Gasteiger partial charge in [-0.05, 0) is 84.3 Å². The van der Waals surface area contributed by atoms with Crippen molar-refractivity contribution in [3.05, 3.63) is 155 Å². The number of benzene rings is 8. The number of ether oxygens (including phenoxy) is 4. The Labute approximate surface area is 508 Å². The first-order valence-corrected chi connectivity index (χ1v) is 33.6. The largest absolute Gasteiger partial charge is 0.603 e. The Morgan fingerprint density at radius 2 is 0.713 bits per heavy atom. The topological polar surface area (TPSA) is 139 Å². The molecule has 0 unspecified atom stereocenters. The molecule has 0 N–H and O–H groups in total. The van der Waals surface area contributed by atoms with Crippen LogP contribution in [0.4, 0.5) is 11.6 Å². The fraction of sp³-hybridized carbons (Fsp3) is 0.333. The number of hydrogen-bond acceptors (Lipinski definition) is 12. The van der Waals surface area contributed by atoms with Crippen molar-refractivity contribution >= 4 is 108 Å². The highest BCUT2D eigenvalue weighted by atomic mass is 28.4. The van der Waals surface area contributed by atoms with E-state index in [4.69, 9.17) is 57.8 Å². The van der Waals surface area contributed by atoms with Crippen molar-refractivity contribution in [2.75, 3.05) is 39.6 Å². The second-order valence-corrected chi connectivity index (χ2v) is 25.7. The van der Waals surface area contributed by atoms with E-state index < -0.39 is 8.88 Å². The monoisotopic (exact) mass is 1170 g/mol. The average Bonchev–Trinajstić information content (AvgIpc) is 1.54. The number of nitrogens with zero attached hydrogens (tertiary/aromatic N) is 8. The number of rotatable bonds is 24. The molecule has 4 aliphatic heterocycles. The fourth-order valence-corrected chi connectivity index (χ4v) is 16.0. The smallest absolute Gasteiger partial charge is 0.492 e. The number of hydrogen-bond donors (Lipinski definition) is 0. The third-order valence-electron chi connectivity index (χ3n) is 17.1. The molecule has 14 nitrogen and oxygen atoms in total. The summed E-state index contributed by atoms with van der Waals surface area (Å²) in [6.07, 6.45) is 10.4. The van der Waals surface area contributed by atoms with E-state index >= 15 is 0 Å². The van der Waals surface area contributed by atoms with Gasteiger partial charge in [-0.25, -0.2) is 30.0 Å². The molecule has 4 aliphatic rings. The van der Waals surface area contributed by atoms with Gasteiger partial charge in [0.15, 0.2) is 23.3 Å². The summed E-state index contributed by atoms with van der Waals surface area (Å²) in [7, 11) is -4.58. The summed E-state index contributed by atoms with van der Waals surface area (Å²) in [5, 5.41) is 10.8. The SMILES string of the molecule is CCCCOc1c2c(cc3ccccc13)/C1=N/c3c4c(OCCCC)c5ccccc5cc4c4n3[Si](OCCCC)(OCCCC)n3/c(c5cc6ccccc6c(OCCCC)c5/c3=N/C3=NC(=N\4)/c4c3cc3ccccc3c4OCCCC)=N\C2=N1. The van der Waals surface area contributed by atoms with Gasteiger partial charge in [-0.1, -0.05) is 177 Å². The van der Waals surface area contributed by atoms with E-state index in [2.05, 4.69) is 171 Å². The molecule has 442 valence electrons. The molecule has 6 heterocycles. The van der Waals surface area contributed by atoms with E-state index in [1.165, 1.54) is 0 Å². The Morgan fingerprint density at radius 3 is 1.22 bits per heavy atom. The van der Waals surface area contributed by atoms with Gasteiger partial charge in [-0.15, -0.1) is 0 Å². The van der Waals surface area contributed by atoms with Gasteiger partial charge >= 0.3 is 8.88 Å². The van der Waals surface area contributed by atoms with Crippen molar-refractivity contribution in [3.8, 4) is 23.0 Å². The zero-order valence-corrected chi connectivity index (χ0v) is 51.8. The van der Waals surface area contributed by atoms with Crippen LogP contribution in [-0.4, -0.2) is 80.3 Å². The number of aromatic nitrogens is 2. The van der Waals surface area contributed by atoms with Crippen LogP contribution >= 0.6 is 0 Å². The summed E-state index contributed by atoms with van der Waals surface area (Å²) in [6.45, 7) is 15.7. The number of aliphatic imine (C=N–C) groups is 4. The van der Waals surface area contributed by atoms with Crippen molar-refractivity contribution in [1.82, 2.24) is 8.47 Å². The van der Waals surface area contributed by atoms with Crippen LogP contribution in [0.1, 0.15) is 141 Å². The van der Waals surface area contributed by atoms with Gasteiger partial charge in [0.2, 0.25) is 0 Å². The molecule has 87 heavy (non-hydrogen) atoms. The van der Waals surface area contributed by atoms with Gasteiger partial charge in [0.1, 0.15) is 45.6 Å². The molecule has 8 aromatic carbocycles. The Morgan fingerprint density at radius 1 is 0.333 bits per heavy atom. The predicted molar refractivity (Wildman–Crippen MR) is 354 cm³/mol. The van der Waals surface area contributed by atoms with E-state index in [1.807, 2.05) is 0 Å². The molecule has 0 radical (unpaired) electrons. The lowest BCUT2D eigenvalue weighted by Gasteiger charge is -2.33. The van der Waals surface area contributed by atoms with Gasteiger partial charge in [0, 0.05) is 56.7 Å². The van der Waals surface area contributed by atoms with Crippen LogP contribution in [0.3, 0.4) is 0 Å². The lowest BCUT2D eigenvalue weighted by atomic mass is 9.99. The van der Waals surface area contributed by atoms with Gasteiger partial charge in [-0.3, -0.25) is 8.47 Å². The number of amidine groups is 4. The summed E-state index contributed by atoms with van der Waals surface area (Å²) in [5.41, 5.74) is 4.16. The number of unbranched alkanes of at least 4 members (excludes halogenated alkanes) is 6. The third kappa shape index (κ3) is 9.51. The molecule has 10 aromatic rings. The van der Waals surface area contributed by atoms with Crippen molar-refractivity contribution in [1.29, 1.82) is 0 Å². The molecule has 0 aliphatic carbocycles. The van der Waals surface area contributed by atoms with Gasteiger partial charge in [0.25, 0.3) is 0 Å². The highest BCUT2D eigenvalue weighted by Gasteiger charge is 2.54. The molecular weight excluding hydrogens is 1100 g/mol. The zero-order chi connectivity index (χ0) is 59.2. The minimum atomic E-state index is -4.58.